The molecular formula is C13H23N5O2. The van der Waals surface area contributed by atoms with Gasteiger partial charge in [-0.05, 0) is 25.7 Å². The number of aliphatic hydroxyl groups is 1. The van der Waals surface area contributed by atoms with E-state index in [9.17, 15) is 9.90 Å². The number of aromatic nitrogens is 3. The normalized spacial score (nSPS) is 26.4. The second-order valence-corrected chi connectivity index (χ2v) is 5.40. The van der Waals surface area contributed by atoms with Crippen molar-refractivity contribution < 1.29 is 9.90 Å². The van der Waals surface area contributed by atoms with Crippen molar-refractivity contribution >= 4 is 5.91 Å². The molecule has 20 heavy (non-hydrogen) atoms. The van der Waals surface area contributed by atoms with E-state index in [-0.39, 0.29) is 17.9 Å². The Morgan fingerprint density at radius 3 is 3.10 bits per heavy atom. The van der Waals surface area contributed by atoms with Crippen LogP contribution in [0.25, 0.3) is 0 Å². The van der Waals surface area contributed by atoms with Gasteiger partial charge in [-0.15, -0.1) is 10.2 Å². The van der Waals surface area contributed by atoms with Gasteiger partial charge < -0.3 is 20.7 Å². The summed E-state index contributed by atoms with van der Waals surface area (Å²) in [7, 11) is 0. The average Bonchev–Trinajstić information content (AvgIpc) is 2.87. The first-order chi connectivity index (χ1) is 9.61. The Labute approximate surface area is 118 Å². The van der Waals surface area contributed by atoms with E-state index in [2.05, 4.69) is 22.4 Å². The van der Waals surface area contributed by atoms with E-state index < -0.39 is 6.10 Å². The van der Waals surface area contributed by atoms with Crippen molar-refractivity contribution in [3.8, 4) is 0 Å². The van der Waals surface area contributed by atoms with Crippen LogP contribution in [0.5, 0.6) is 0 Å². The van der Waals surface area contributed by atoms with Crippen LogP contribution >= 0.6 is 0 Å². The summed E-state index contributed by atoms with van der Waals surface area (Å²) < 4.78 is 1.94. The topological polar surface area (TPSA) is 106 Å². The molecule has 1 fully saturated rings. The Bertz CT molecular complexity index is 448. The lowest BCUT2D eigenvalue weighted by molar-refractivity contribution is -0.127. The minimum Gasteiger partial charge on any atom is -0.391 e. The van der Waals surface area contributed by atoms with Gasteiger partial charge in [0.05, 0.1) is 12.6 Å². The molecule has 1 aromatic heterocycles. The fraction of sp³-hybridized carbons (Fsp3) is 0.769. The van der Waals surface area contributed by atoms with Gasteiger partial charge >= 0.3 is 0 Å². The van der Waals surface area contributed by atoms with Crippen LogP contribution in [0.3, 0.4) is 0 Å². The molecule has 3 atom stereocenters. The summed E-state index contributed by atoms with van der Waals surface area (Å²) in [5.74, 6) is 0.558. The lowest BCUT2D eigenvalue weighted by Gasteiger charge is -2.29. The minimum atomic E-state index is -0.580. The van der Waals surface area contributed by atoms with Gasteiger partial charge in [0, 0.05) is 18.5 Å². The summed E-state index contributed by atoms with van der Waals surface area (Å²) in [4.78, 5) is 12.1. The predicted molar refractivity (Wildman–Crippen MR) is 73.5 cm³/mol. The molecule has 0 bridgehead atoms. The number of amides is 1. The Balaban J connectivity index is 1.84. The van der Waals surface area contributed by atoms with E-state index in [1.807, 2.05) is 4.57 Å². The van der Waals surface area contributed by atoms with Crippen molar-refractivity contribution in [2.45, 2.75) is 57.8 Å². The maximum Gasteiger partial charge on any atom is 0.223 e. The average molecular weight is 281 g/mol. The van der Waals surface area contributed by atoms with Crippen molar-refractivity contribution in [1.29, 1.82) is 0 Å². The van der Waals surface area contributed by atoms with Crippen LogP contribution in [-0.2, 0) is 17.9 Å². The number of nitrogens with one attached hydrogen (secondary N) is 1. The van der Waals surface area contributed by atoms with Crippen molar-refractivity contribution in [2.75, 3.05) is 0 Å². The predicted octanol–water partition coefficient (Wildman–Crippen LogP) is -0.207. The highest BCUT2D eigenvalue weighted by molar-refractivity contribution is 5.78. The molecule has 0 radical (unpaired) electrons. The second kappa shape index (κ2) is 6.81. The summed E-state index contributed by atoms with van der Waals surface area (Å²) in [6.45, 7) is 3.29. The molecule has 0 saturated heterocycles. The third-order valence-corrected chi connectivity index (χ3v) is 3.82. The number of carbonyl (C=O) groups excluding carboxylic acids is 1. The summed E-state index contributed by atoms with van der Waals surface area (Å²) in [6, 6.07) is -0.202. The number of carbonyl (C=O) groups is 1. The number of aryl methyl sites for hydroxylation is 1. The largest absolute Gasteiger partial charge is 0.391 e. The van der Waals surface area contributed by atoms with Crippen molar-refractivity contribution in [1.82, 2.24) is 20.1 Å². The van der Waals surface area contributed by atoms with Crippen LogP contribution in [0.15, 0.2) is 6.33 Å². The highest BCUT2D eigenvalue weighted by Gasteiger charge is 2.30. The van der Waals surface area contributed by atoms with Crippen molar-refractivity contribution in [3.05, 3.63) is 12.2 Å². The van der Waals surface area contributed by atoms with Crippen molar-refractivity contribution in [3.63, 3.8) is 0 Å². The Hall–Kier alpha value is -1.47. The minimum absolute atomic E-state index is 0.0398. The molecule has 7 nitrogen and oxygen atoms in total. The summed E-state index contributed by atoms with van der Waals surface area (Å²) >= 11 is 0. The van der Waals surface area contributed by atoms with E-state index >= 15 is 0 Å². The molecule has 2 rings (SSSR count). The molecule has 1 aliphatic carbocycles. The summed E-state index contributed by atoms with van der Waals surface area (Å²) in [6.07, 6.45) is 3.94. The molecule has 0 unspecified atom stereocenters. The van der Waals surface area contributed by atoms with Gasteiger partial charge in [0.25, 0.3) is 0 Å². The van der Waals surface area contributed by atoms with E-state index in [4.69, 9.17) is 5.73 Å². The van der Waals surface area contributed by atoms with Gasteiger partial charge in [0.15, 0.2) is 5.82 Å². The Morgan fingerprint density at radius 2 is 2.40 bits per heavy atom. The van der Waals surface area contributed by atoms with E-state index in [1.165, 1.54) is 0 Å². The molecule has 0 spiro atoms. The Morgan fingerprint density at radius 1 is 1.60 bits per heavy atom. The van der Waals surface area contributed by atoms with Gasteiger partial charge in [-0.3, -0.25) is 4.79 Å². The number of hydrogen-bond acceptors (Lipinski definition) is 5. The fourth-order valence-electron chi connectivity index (χ4n) is 2.56. The third kappa shape index (κ3) is 3.55. The first-order valence-corrected chi connectivity index (χ1v) is 7.19. The third-order valence-electron chi connectivity index (χ3n) is 3.82. The van der Waals surface area contributed by atoms with Crippen LogP contribution < -0.4 is 11.1 Å². The smallest absolute Gasteiger partial charge is 0.223 e. The fourth-order valence-corrected chi connectivity index (χ4v) is 2.56. The van der Waals surface area contributed by atoms with Gasteiger partial charge in [0.1, 0.15) is 6.33 Å². The number of rotatable bonds is 5. The quantitative estimate of drug-likeness (QED) is 0.692. The molecule has 1 saturated carbocycles. The molecular weight excluding hydrogens is 258 g/mol. The van der Waals surface area contributed by atoms with Crippen LogP contribution in [0.4, 0.5) is 0 Å². The lowest BCUT2D eigenvalue weighted by Crippen LogP contribution is -2.44. The van der Waals surface area contributed by atoms with E-state index in [0.29, 0.717) is 19.4 Å². The number of hydrogen-bond donors (Lipinski definition) is 3. The molecule has 0 aliphatic heterocycles. The molecule has 1 aliphatic rings. The second-order valence-electron chi connectivity index (χ2n) is 5.40. The van der Waals surface area contributed by atoms with Crippen LogP contribution in [0.2, 0.25) is 0 Å². The van der Waals surface area contributed by atoms with Gasteiger partial charge in [-0.25, -0.2) is 0 Å². The summed E-state index contributed by atoms with van der Waals surface area (Å²) in [5.41, 5.74) is 5.74. The molecule has 7 heteroatoms. The zero-order valence-corrected chi connectivity index (χ0v) is 11.8. The van der Waals surface area contributed by atoms with E-state index in [0.717, 1.165) is 25.2 Å². The van der Waals surface area contributed by atoms with Gasteiger partial charge in [-0.2, -0.15) is 0 Å². The first-order valence-electron chi connectivity index (χ1n) is 7.19. The summed E-state index contributed by atoms with van der Waals surface area (Å²) in [5, 5.41) is 20.5. The van der Waals surface area contributed by atoms with Gasteiger partial charge in [-0.1, -0.05) is 6.92 Å². The SMILES string of the molecule is CCCn1cnnc1CNC(=O)[C@H]1CC[C@H](N)[C@@H](O)C1. The maximum absolute atomic E-state index is 12.1. The zero-order valence-electron chi connectivity index (χ0n) is 11.8. The number of nitrogens with two attached hydrogens (primary N) is 1. The van der Waals surface area contributed by atoms with Gasteiger partial charge in [0.2, 0.25) is 5.91 Å². The molecule has 1 heterocycles. The molecule has 1 aromatic rings. The standard InChI is InChI=1S/C13H23N5O2/c1-2-5-18-8-16-17-12(18)7-15-13(20)9-3-4-10(14)11(19)6-9/h8-11,19H,2-7,14H2,1H3,(H,15,20)/t9-,10-,11-/m0/s1. The zero-order chi connectivity index (χ0) is 14.5. The van der Waals surface area contributed by atoms with Crippen LogP contribution in [0, 0.1) is 5.92 Å². The molecule has 112 valence electrons. The highest BCUT2D eigenvalue weighted by Crippen LogP contribution is 2.23. The number of aliphatic hydroxyl groups excluding tert-OH is 1. The lowest BCUT2D eigenvalue weighted by atomic mass is 9.84. The maximum atomic E-state index is 12.1. The Kier molecular flexibility index (Phi) is 5.08. The molecule has 1 amide bonds. The molecule has 0 aromatic carbocycles. The first kappa shape index (κ1) is 14.9. The monoisotopic (exact) mass is 281 g/mol. The van der Waals surface area contributed by atoms with E-state index in [1.54, 1.807) is 6.33 Å². The number of nitrogens with zero attached hydrogens (tertiary/aromatic N) is 3. The van der Waals surface area contributed by atoms with Crippen LogP contribution in [0.1, 0.15) is 38.4 Å². The highest BCUT2D eigenvalue weighted by atomic mass is 16.3. The van der Waals surface area contributed by atoms with Crippen molar-refractivity contribution in [2.24, 2.45) is 11.7 Å². The molecule has 4 N–H and O–H groups in total. The van der Waals surface area contributed by atoms with Crippen LogP contribution in [-0.4, -0.2) is 37.9 Å².